The molecule has 1 amide bonds. The Morgan fingerprint density at radius 3 is 2.35 bits per heavy atom. The van der Waals surface area contributed by atoms with Crippen molar-refractivity contribution in [2.75, 3.05) is 23.9 Å². The summed E-state index contributed by atoms with van der Waals surface area (Å²) in [5.74, 6) is -1.66. The number of amides is 1. The lowest BCUT2D eigenvalue weighted by Gasteiger charge is -2.27. The Morgan fingerprint density at radius 1 is 1.07 bits per heavy atom. The number of alkyl halides is 3. The van der Waals surface area contributed by atoms with Crippen molar-refractivity contribution >= 4 is 29.0 Å². The van der Waals surface area contributed by atoms with Crippen molar-refractivity contribution in [1.29, 1.82) is 5.26 Å². The number of nitrogens with zero attached hydrogens (tertiary/aromatic N) is 3. The number of fused-ring (bicyclic) bond motifs is 2. The van der Waals surface area contributed by atoms with E-state index < -0.39 is 35.6 Å². The molecule has 13 heteroatoms. The van der Waals surface area contributed by atoms with Crippen molar-refractivity contribution in [2.45, 2.75) is 57.0 Å². The van der Waals surface area contributed by atoms with E-state index in [0.717, 1.165) is 18.4 Å². The maximum atomic E-state index is 14.4. The molecule has 1 aliphatic carbocycles. The van der Waals surface area contributed by atoms with E-state index in [0.29, 0.717) is 39.5 Å². The average molecular weight is 637 g/mol. The van der Waals surface area contributed by atoms with Gasteiger partial charge in [-0.05, 0) is 75.1 Å². The third-order valence-corrected chi connectivity index (χ3v) is 8.06. The molecule has 1 atom stereocenters. The minimum absolute atomic E-state index is 0.289. The Balaban J connectivity index is 1.53. The van der Waals surface area contributed by atoms with Gasteiger partial charge in [0.25, 0.3) is 5.91 Å². The average Bonchev–Trinajstić information content (AvgIpc) is 3.73. The molecule has 0 radical (unpaired) electrons. The number of nitriles is 1. The number of ether oxygens (including phenoxy) is 2. The summed E-state index contributed by atoms with van der Waals surface area (Å²) in [6, 6.07) is 16.5. The van der Waals surface area contributed by atoms with Gasteiger partial charge in [-0.2, -0.15) is 5.26 Å². The molecule has 240 valence electrons. The number of hydrogen-bond donors (Lipinski definition) is 2. The first-order valence-corrected chi connectivity index (χ1v) is 14.3. The van der Waals surface area contributed by atoms with E-state index in [1.54, 1.807) is 55.5 Å². The van der Waals surface area contributed by atoms with E-state index in [9.17, 15) is 33.1 Å². The number of carboxylic acid groups (broad SMARTS) is 1. The van der Waals surface area contributed by atoms with Crippen LogP contribution < -0.4 is 19.7 Å². The molecule has 0 bridgehead atoms. The van der Waals surface area contributed by atoms with Crippen LogP contribution in [0.1, 0.15) is 61.9 Å². The molecule has 1 saturated carbocycles. The molecule has 10 nitrogen and oxygen atoms in total. The molecule has 1 heterocycles. The Kier molecular flexibility index (Phi) is 8.33. The molecule has 1 spiro atoms. The topological polar surface area (TPSA) is 133 Å². The number of halogens is 3. The number of nitrogens with one attached hydrogen (secondary N) is 1. The van der Waals surface area contributed by atoms with Gasteiger partial charge in [0.15, 0.2) is 0 Å². The number of hydrogen-bond acceptors (Lipinski definition) is 8. The van der Waals surface area contributed by atoms with Gasteiger partial charge in [0.05, 0.1) is 30.1 Å². The van der Waals surface area contributed by atoms with Crippen LogP contribution in [-0.2, 0) is 19.8 Å². The van der Waals surface area contributed by atoms with Gasteiger partial charge < -0.3 is 29.6 Å². The van der Waals surface area contributed by atoms with E-state index >= 15 is 0 Å². The molecule has 2 N–H and O–H groups in total. The van der Waals surface area contributed by atoms with Gasteiger partial charge in [-0.1, -0.05) is 23.4 Å². The van der Waals surface area contributed by atoms with Crippen LogP contribution in [0.3, 0.4) is 0 Å². The number of methoxy groups -OCH3 is 1. The summed E-state index contributed by atoms with van der Waals surface area (Å²) in [6.45, 7) is 4.63. The molecule has 2 aliphatic rings. The number of aliphatic carboxylic acids is 1. The van der Waals surface area contributed by atoms with E-state index in [2.05, 4.69) is 15.2 Å². The minimum atomic E-state index is -4.90. The van der Waals surface area contributed by atoms with Crippen molar-refractivity contribution in [3.8, 4) is 17.6 Å². The highest BCUT2D eigenvalue weighted by Crippen LogP contribution is 2.57. The maximum absolute atomic E-state index is 14.4. The Morgan fingerprint density at radius 2 is 1.76 bits per heavy atom. The number of rotatable bonds is 10. The molecule has 5 rings (SSSR count). The fourth-order valence-electron chi connectivity index (χ4n) is 5.27. The molecule has 1 unspecified atom stereocenters. The number of carbonyl (C=O) groups excluding carboxylic acids is 1. The van der Waals surface area contributed by atoms with Gasteiger partial charge >= 0.3 is 12.3 Å². The van der Waals surface area contributed by atoms with Crippen molar-refractivity contribution in [1.82, 2.24) is 0 Å². The van der Waals surface area contributed by atoms with Crippen LogP contribution in [0.4, 0.5) is 24.5 Å². The highest BCUT2D eigenvalue weighted by molar-refractivity contribution is 6.03. The third kappa shape index (κ3) is 6.71. The minimum Gasteiger partial charge on any atom is -0.497 e. The first kappa shape index (κ1) is 32.2. The Hall–Kier alpha value is -5.25. The number of carboxylic acids is 1. The lowest BCUT2D eigenvalue weighted by molar-refractivity contribution is -0.274. The zero-order valence-electron chi connectivity index (χ0n) is 25.4. The van der Waals surface area contributed by atoms with Gasteiger partial charge in [0.2, 0.25) is 5.60 Å². The summed E-state index contributed by atoms with van der Waals surface area (Å²) in [5.41, 5.74) is 1.37. The quantitative estimate of drug-likeness (QED) is 0.196. The summed E-state index contributed by atoms with van der Waals surface area (Å²) < 4.78 is 48.9. The van der Waals surface area contributed by atoms with Crippen LogP contribution in [0.2, 0.25) is 0 Å². The highest BCUT2D eigenvalue weighted by atomic mass is 19.4. The predicted molar refractivity (Wildman–Crippen MR) is 162 cm³/mol. The number of carbonyl (C=O) groups is 2. The second-order valence-electron chi connectivity index (χ2n) is 11.8. The molecule has 1 fully saturated rings. The van der Waals surface area contributed by atoms with E-state index in [4.69, 9.17) is 9.57 Å². The molecule has 0 aromatic heterocycles. The van der Waals surface area contributed by atoms with Crippen LogP contribution in [0, 0.1) is 11.3 Å². The molecule has 0 saturated heterocycles. The summed E-state index contributed by atoms with van der Waals surface area (Å²) in [6.07, 6.45) is -3.32. The molecule has 3 aromatic carbocycles. The van der Waals surface area contributed by atoms with E-state index in [1.807, 2.05) is 6.07 Å². The zero-order valence-corrected chi connectivity index (χ0v) is 25.4. The second-order valence-corrected chi connectivity index (χ2v) is 11.8. The standard InChI is InChI=1S/C33H31F3N4O6/c1-19(39-46-31(2,3)30(42)43)22-13-23(15-25(14-22)44-4)38-28(21-7-5-20(17-37)6-8-21)29(41)40-18-32(11-12-32)26-10-9-24(16-27(26)40)45-33(34,35)36/h5-10,13-16,28,38H,11-12,18H2,1-4H3,(H,42,43)/b39-19+. The van der Waals surface area contributed by atoms with Gasteiger partial charge in [-0.3, -0.25) is 4.79 Å². The molecule has 1 aliphatic heterocycles. The van der Waals surface area contributed by atoms with Crippen LogP contribution in [-0.4, -0.2) is 48.3 Å². The van der Waals surface area contributed by atoms with E-state index in [1.165, 1.54) is 38.0 Å². The Labute approximate surface area is 263 Å². The summed E-state index contributed by atoms with van der Waals surface area (Å²) in [7, 11) is 1.46. The fourth-order valence-corrected chi connectivity index (χ4v) is 5.27. The fraction of sp³-hybridized carbons (Fsp3) is 0.333. The van der Waals surface area contributed by atoms with Gasteiger partial charge in [-0.15, -0.1) is 13.2 Å². The monoisotopic (exact) mass is 636 g/mol. The predicted octanol–water partition coefficient (Wildman–Crippen LogP) is 6.30. The summed E-state index contributed by atoms with van der Waals surface area (Å²) >= 11 is 0. The number of oxime groups is 1. The molecule has 46 heavy (non-hydrogen) atoms. The van der Waals surface area contributed by atoms with Crippen LogP contribution in [0.15, 0.2) is 65.8 Å². The first-order chi connectivity index (χ1) is 21.6. The normalized spacial score (nSPS) is 15.9. The van der Waals surface area contributed by atoms with Crippen LogP contribution in [0.25, 0.3) is 0 Å². The highest BCUT2D eigenvalue weighted by Gasteiger charge is 2.54. The smallest absolute Gasteiger partial charge is 0.497 e. The first-order valence-electron chi connectivity index (χ1n) is 14.3. The van der Waals surface area contributed by atoms with Crippen molar-refractivity contribution < 1.29 is 42.2 Å². The van der Waals surface area contributed by atoms with E-state index in [-0.39, 0.29) is 12.0 Å². The lowest BCUT2D eigenvalue weighted by Crippen LogP contribution is -2.38. The van der Waals surface area contributed by atoms with Crippen LogP contribution >= 0.6 is 0 Å². The summed E-state index contributed by atoms with van der Waals surface area (Å²) in [5, 5.41) is 25.9. The van der Waals surface area contributed by atoms with Crippen molar-refractivity contribution in [2.24, 2.45) is 5.16 Å². The van der Waals surface area contributed by atoms with Crippen LogP contribution in [0.5, 0.6) is 11.5 Å². The summed E-state index contributed by atoms with van der Waals surface area (Å²) in [4.78, 5) is 32.6. The zero-order chi connectivity index (χ0) is 33.4. The largest absolute Gasteiger partial charge is 0.573 e. The maximum Gasteiger partial charge on any atom is 0.573 e. The molecular weight excluding hydrogens is 605 g/mol. The number of anilines is 2. The van der Waals surface area contributed by atoms with Crippen molar-refractivity contribution in [3.05, 3.63) is 82.9 Å². The lowest BCUT2D eigenvalue weighted by atomic mass is 9.99. The van der Waals surface area contributed by atoms with Crippen molar-refractivity contribution in [3.63, 3.8) is 0 Å². The molecular formula is C33H31F3N4O6. The number of benzene rings is 3. The van der Waals surface area contributed by atoms with Gasteiger partial charge in [0, 0.05) is 35.3 Å². The van der Waals surface area contributed by atoms with Gasteiger partial charge in [0.1, 0.15) is 17.5 Å². The Bertz CT molecular complexity index is 1740. The second kappa shape index (κ2) is 11.9. The SMILES string of the molecule is COc1cc(NC(C(=O)N2CC3(CC3)c3ccc(OC(F)(F)F)cc32)c2ccc(C#N)cc2)cc(/C(C)=N/OC(C)(C)C(=O)O)c1. The third-order valence-electron chi connectivity index (χ3n) is 8.06. The van der Waals surface area contributed by atoms with Gasteiger partial charge in [-0.25, -0.2) is 4.79 Å². The molecule has 3 aromatic rings.